The molecule has 0 unspecified atom stereocenters. The summed E-state index contributed by atoms with van der Waals surface area (Å²) >= 11 is 15.9. The van der Waals surface area contributed by atoms with Gasteiger partial charge >= 0.3 is 0 Å². The Labute approximate surface area is 113 Å². The summed E-state index contributed by atoms with van der Waals surface area (Å²) in [5.74, 6) is -1.05. The van der Waals surface area contributed by atoms with Gasteiger partial charge in [0.05, 0.1) is 7.11 Å². The van der Waals surface area contributed by atoms with Crippen molar-refractivity contribution in [2.45, 2.75) is 3.79 Å². The lowest BCUT2D eigenvalue weighted by molar-refractivity contribution is -0.119. The molecule has 0 saturated carbocycles. The summed E-state index contributed by atoms with van der Waals surface area (Å²) in [5.41, 5.74) is 0.258. The van der Waals surface area contributed by atoms with Crippen molar-refractivity contribution in [3.8, 4) is 5.75 Å². The molecular formula is C10H8Cl3NO3. The predicted octanol–water partition coefficient (Wildman–Crippen LogP) is 2.32. The van der Waals surface area contributed by atoms with E-state index in [2.05, 4.69) is 0 Å². The van der Waals surface area contributed by atoms with Crippen LogP contribution in [0.1, 0.15) is 10.4 Å². The van der Waals surface area contributed by atoms with Crippen molar-refractivity contribution >= 4 is 46.6 Å². The standard InChI is InChI=1S/C10H8Cl3NO3/c1-17-7-4-2-6(3-5-7)8(15)14-9(16)10(11,12)13/h2-5H,1H3,(H,14,15,16). The van der Waals surface area contributed by atoms with Crippen molar-refractivity contribution in [1.29, 1.82) is 0 Å². The van der Waals surface area contributed by atoms with Crippen LogP contribution >= 0.6 is 34.8 Å². The van der Waals surface area contributed by atoms with Gasteiger partial charge in [0.1, 0.15) is 5.75 Å². The van der Waals surface area contributed by atoms with E-state index in [0.29, 0.717) is 5.75 Å². The van der Waals surface area contributed by atoms with Crippen LogP contribution in [0.2, 0.25) is 0 Å². The van der Waals surface area contributed by atoms with Crippen molar-refractivity contribution in [2.24, 2.45) is 0 Å². The van der Waals surface area contributed by atoms with Gasteiger partial charge in [-0.2, -0.15) is 0 Å². The van der Waals surface area contributed by atoms with Gasteiger partial charge in [-0.15, -0.1) is 0 Å². The maximum absolute atomic E-state index is 11.6. The number of carbonyl (C=O) groups is 2. The second kappa shape index (κ2) is 5.58. The number of alkyl halides is 3. The molecule has 0 aliphatic rings. The maximum Gasteiger partial charge on any atom is 0.278 e. The Kier molecular flexibility index (Phi) is 4.62. The van der Waals surface area contributed by atoms with Gasteiger partial charge in [0, 0.05) is 5.56 Å². The van der Waals surface area contributed by atoms with Gasteiger partial charge < -0.3 is 4.74 Å². The Morgan fingerprint density at radius 1 is 1.18 bits per heavy atom. The fraction of sp³-hybridized carbons (Fsp3) is 0.200. The highest BCUT2D eigenvalue weighted by Crippen LogP contribution is 2.25. The van der Waals surface area contributed by atoms with E-state index < -0.39 is 15.6 Å². The fourth-order valence-corrected chi connectivity index (χ4v) is 1.13. The summed E-state index contributed by atoms with van der Waals surface area (Å²) in [7, 11) is 1.50. The van der Waals surface area contributed by atoms with Crippen molar-refractivity contribution in [3.63, 3.8) is 0 Å². The van der Waals surface area contributed by atoms with E-state index >= 15 is 0 Å². The normalized spacial score (nSPS) is 10.8. The van der Waals surface area contributed by atoms with Crippen LogP contribution in [0.3, 0.4) is 0 Å². The van der Waals surface area contributed by atoms with Gasteiger partial charge in [-0.1, -0.05) is 34.8 Å². The Morgan fingerprint density at radius 2 is 1.71 bits per heavy atom. The zero-order chi connectivity index (χ0) is 13.1. The molecule has 0 fully saturated rings. The lowest BCUT2D eigenvalue weighted by Gasteiger charge is -2.10. The summed E-state index contributed by atoms with van der Waals surface area (Å²) in [5, 5.41) is 1.96. The molecule has 1 aromatic carbocycles. The molecule has 0 radical (unpaired) electrons. The Morgan fingerprint density at radius 3 is 2.12 bits per heavy atom. The molecule has 92 valence electrons. The quantitative estimate of drug-likeness (QED) is 0.852. The highest BCUT2D eigenvalue weighted by atomic mass is 35.6. The van der Waals surface area contributed by atoms with Crippen LogP contribution < -0.4 is 10.1 Å². The zero-order valence-corrected chi connectivity index (χ0v) is 10.9. The van der Waals surface area contributed by atoms with Gasteiger partial charge in [-0.25, -0.2) is 0 Å². The third-order valence-corrected chi connectivity index (χ3v) is 2.35. The van der Waals surface area contributed by atoms with Gasteiger partial charge in [0.15, 0.2) is 0 Å². The number of halogens is 3. The topological polar surface area (TPSA) is 55.4 Å². The number of amides is 2. The molecule has 2 amide bonds. The minimum absolute atomic E-state index is 0.258. The van der Waals surface area contributed by atoms with E-state index in [1.54, 1.807) is 12.1 Å². The summed E-state index contributed by atoms with van der Waals surface area (Å²) in [6, 6.07) is 6.13. The summed E-state index contributed by atoms with van der Waals surface area (Å²) in [6.07, 6.45) is 0. The number of methoxy groups -OCH3 is 1. The van der Waals surface area contributed by atoms with Crippen molar-refractivity contribution in [1.82, 2.24) is 5.32 Å². The predicted molar refractivity (Wildman–Crippen MR) is 65.8 cm³/mol. The smallest absolute Gasteiger partial charge is 0.278 e. The lowest BCUT2D eigenvalue weighted by atomic mass is 10.2. The molecule has 1 aromatic rings. The molecule has 4 nitrogen and oxygen atoms in total. The van der Waals surface area contributed by atoms with E-state index in [1.807, 2.05) is 5.32 Å². The number of ether oxygens (including phenoxy) is 1. The van der Waals surface area contributed by atoms with Gasteiger partial charge in [0.25, 0.3) is 15.6 Å². The number of benzene rings is 1. The number of rotatable bonds is 2. The third kappa shape index (κ3) is 4.07. The third-order valence-electron chi connectivity index (χ3n) is 1.84. The fourth-order valence-electron chi connectivity index (χ4n) is 0.989. The molecule has 7 heteroatoms. The Balaban J connectivity index is 2.73. The Hall–Kier alpha value is -0.970. The van der Waals surface area contributed by atoms with Crippen LogP contribution in [0.5, 0.6) is 5.75 Å². The second-order valence-electron chi connectivity index (χ2n) is 3.01. The first-order valence-corrected chi connectivity index (χ1v) is 5.54. The molecule has 0 saturated heterocycles. The molecule has 0 spiro atoms. The number of carbonyl (C=O) groups excluding carboxylic acids is 2. The van der Waals surface area contributed by atoms with E-state index in [4.69, 9.17) is 39.5 Å². The molecule has 0 bridgehead atoms. The first kappa shape index (κ1) is 14.1. The summed E-state index contributed by atoms with van der Waals surface area (Å²) in [6.45, 7) is 0. The van der Waals surface area contributed by atoms with E-state index in [-0.39, 0.29) is 5.56 Å². The van der Waals surface area contributed by atoms with E-state index in [0.717, 1.165) is 0 Å². The van der Waals surface area contributed by atoms with Crippen LogP contribution in [0, 0.1) is 0 Å². The molecule has 0 aliphatic heterocycles. The van der Waals surface area contributed by atoms with Crippen LogP contribution in [0.25, 0.3) is 0 Å². The summed E-state index contributed by atoms with van der Waals surface area (Å²) < 4.78 is 2.76. The van der Waals surface area contributed by atoms with Gasteiger partial charge in [0.2, 0.25) is 0 Å². The molecule has 1 N–H and O–H groups in total. The molecule has 17 heavy (non-hydrogen) atoms. The molecular weight excluding hydrogens is 288 g/mol. The number of hydrogen-bond donors (Lipinski definition) is 1. The Bertz CT molecular complexity index is 425. The van der Waals surface area contributed by atoms with E-state index in [1.165, 1.54) is 19.2 Å². The minimum Gasteiger partial charge on any atom is -0.497 e. The monoisotopic (exact) mass is 295 g/mol. The first-order chi connectivity index (χ1) is 7.84. The largest absolute Gasteiger partial charge is 0.497 e. The van der Waals surface area contributed by atoms with Crippen LogP contribution in [0.4, 0.5) is 0 Å². The lowest BCUT2D eigenvalue weighted by Crippen LogP contribution is -2.38. The average molecular weight is 297 g/mol. The van der Waals surface area contributed by atoms with Crippen LogP contribution in [0.15, 0.2) is 24.3 Å². The molecule has 0 atom stereocenters. The van der Waals surface area contributed by atoms with Gasteiger partial charge in [-0.3, -0.25) is 14.9 Å². The highest BCUT2D eigenvalue weighted by Gasteiger charge is 2.32. The average Bonchev–Trinajstić information content (AvgIpc) is 2.27. The maximum atomic E-state index is 11.6. The zero-order valence-electron chi connectivity index (χ0n) is 8.67. The SMILES string of the molecule is COc1ccc(C(=O)NC(=O)C(Cl)(Cl)Cl)cc1. The van der Waals surface area contributed by atoms with Crippen molar-refractivity contribution < 1.29 is 14.3 Å². The van der Waals surface area contributed by atoms with Crippen molar-refractivity contribution in [3.05, 3.63) is 29.8 Å². The summed E-state index contributed by atoms with van der Waals surface area (Å²) in [4.78, 5) is 22.8. The molecule has 0 aliphatic carbocycles. The van der Waals surface area contributed by atoms with Crippen LogP contribution in [-0.2, 0) is 4.79 Å². The first-order valence-electron chi connectivity index (χ1n) is 4.41. The molecule has 0 aromatic heterocycles. The van der Waals surface area contributed by atoms with Crippen LogP contribution in [-0.4, -0.2) is 22.7 Å². The van der Waals surface area contributed by atoms with Gasteiger partial charge in [-0.05, 0) is 24.3 Å². The minimum atomic E-state index is -2.16. The second-order valence-corrected chi connectivity index (χ2v) is 5.29. The number of nitrogens with one attached hydrogen (secondary N) is 1. The number of imide groups is 1. The van der Waals surface area contributed by atoms with E-state index in [9.17, 15) is 9.59 Å². The molecule has 0 heterocycles. The number of hydrogen-bond acceptors (Lipinski definition) is 3. The highest BCUT2D eigenvalue weighted by molar-refractivity contribution is 6.76. The molecule has 1 rings (SSSR count). The van der Waals surface area contributed by atoms with Crippen molar-refractivity contribution in [2.75, 3.05) is 7.11 Å².